The number of aliphatic imine (C=N–C) groups is 1. The van der Waals surface area contributed by atoms with Crippen molar-refractivity contribution >= 4 is 17.6 Å². The second kappa shape index (κ2) is 6.41. The summed E-state index contributed by atoms with van der Waals surface area (Å²) in [7, 11) is 0. The fourth-order valence-electron chi connectivity index (χ4n) is 3.01. The summed E-state index contributed by atoms with van der Waals surface area (Å²) in [6.45, 7) is 0. The maximum atomic E-state index is 13.3. The van der Waals surface area contributed by atoms with E-state index in [4.69, 9.17) is 4.74 Å². The number of hydrogen-bond acceptors (Lipinski definition) is 3. The molecule has 126 valence electrons. The van der Waals surface area contributed by atoms with E-state index in [1.54, 1.807) is 60.7 Å². The van der Waals surface area contributed by atoms with Crippen LogP contribution in [0, 0.1) is 0 Å². The van der Waals surface area contributed by atoms with Crippen LogP contribution in [0.5, 0.6) is 0 Å². The highest BCUT2D eigenvalue weighted by Crippen LogP contribution is 2.37. The van der Waals surface area contributed by atoms with Gasteiger partial charge in [0.05, 0.1) is 0 Å². The molecule has 4 rings (SSSR count). The lowest BCUT2D eigenvalue weighted by Crippen LogP contribution is -2.43. The SMILES string of the molecule is O=C1N=C(c2ccccc2)OC1(C(=O)c1ccccc1)c1ccccc1. The van der Waals surface area contributed by atoms with Gasteiger partial charge in [-0.3, -0.25) is 9.59 Å². The number of nitrogens with zero attached hydrogens (tertiary/aromatic N) is 1. The molecule has 0 N–H and O–H groups in total. The zero-order chi connectivity index (χ0) is 18.0. The van der Waals surface area contributed by atoms with Crippen molar-refractivity contribution in [3.8, 4) is 0 Å². The van der Waals surface area contributed by atoms with Gasteiger partial charge in [-0.25, -0.2) is 0 Å². The number of carbonyl (C=O) groups is 2. The summed E-state index contributed by atoms with van der Waals surface area (Å²) in [5.41, 5.74) is -0.282. The summed E-state index contributed by atoms with van der Waals surface area (Å²) < 4.78 is 6.00. The summed E-state index contributed by atoms with van der Waals surface area (Å²) in [4.78, 5) is 30.4. The van der Waals surface area contributed by atoms with Gasteiger partial charge in [0.2, 0.25) is 11.7 Å². The van der Waals surface area contributed by atoms with Gasteiger partial charge in [-0.1, -0.05) is 78.9 Å². The van der Waals surface area contributed by atoms with Crippen LogP contribution in [0.3, 0.4) is 0 Å². The normalized spacial score (nSPS) is 18.9. The van der Waals surface area contributed by atoms with Crippen LogP contribution >= 0.6 is 0 Å². The molecular weight excluding hydrogens is 326 g/mol. The van der Waals surface area contributed by atoms with E-state index in [0.29, 0.717) is 16.7 Å². The predicted molar refractivity (Wildman–Crippen MR) is 98.0 cm³/mol. The van der Waals surface area contributed by atoms with Crippen LogP contribution < -0.4 is 0 Å². The van der Waals surface area contributed by atoms with Crippen molar-refractivity contribution in [2.45, 2.75) is 5.60 Å². The molecule has 4 nitrogen and oxygen atoms in total. The summed E-state index contributed by atoms with van der Waals surface area (Å²) in [5.74, 6) is -0.885. The average molecular weight is 341 g/mol. The number of ether oxygens (including phenoxy) is 1. The first-order chi connectivity index (χ1) is 12.7. The molecule has 1 heterocycles. The lowest BCUT2D eigenvalue weighted by molar-refractivity contribution is -0.127. The molecule has 0 bridgehead atoms. The van der Waals surface area contributed by atoms with Gasteiger partial charge in [-0.05, 0) is 12.1 Å². The summed E-state index contributed by atoms with van der Waals surface area (Å²) >= 11 is 0. The molecule has 0 saturated heterocycles. The highest BCUT2D eigenvalue weighted by atomic mass is 16.5. The number of carbonyl (C=O) groups excluding carboxylic acids is 2. The van der Waals surface area contributed by atoms with E-state index >= 15 is 0 Å². The van der Waals surface area contributed by atoms with E-state index in [1.807, 2.05) is 30.3 Å². The van der Waals surface area contributed by atoms with Gasteiger partial charge in [-0.2, -0.15) is 4.99 Å². The zero-order valence-corrected chi connectivity index (χ0v) is 13.8. The van der Waals surface area contributed by atoms with Crippen molar-refractivity contribution in [1.82, 2.24) is 0 Å². The minimum atomic E-state index is -1.80. The van der Waals surface area contributed by atoms with Gasteiger partial charge in [-0.15, -0.1) is 0 Å². The number of rotatable bonds is 4. The molecule has 0 aliphatic carbocycles. The minimum Gasteiger partial charge on any atom is -0.447 e. The Balaban J connectivity index is 1.84. The van der Waals surface area contributed by atoms with Gasteiger partial charge >= 0.3 is 5.91 Å². The van der Waals surface area contributed by atoms with Crippen molar-refractivity contribution in [1.29, 1.82) is 0 Å². The second-order valence-electron chi connectivity index (χ2n) is 5.93. The molecular formula is C22H15NO3. The molecule has 0 saturated carbocycles. The van der Waals surface area contributed by atoms with Crippen LogP contribution in [-0.2, 0) is 15.1 Å². The van der Waals surface area contributed by atoms with Gasteiger partial charge < -0.3 is 4.74 Å². The third-order valence-corrected chi connectivity index (χ3v) is 4.31. The molecule has 1 unspecified atom stereocenters. The monoisotopic (exact) mass is 341 g/mol. The molecule has 0 spiro atoms. The quantitative estimate of drug-likeness (QED) is 0.536. The number of hydrogen-bond donors (Lipinski definition) is 0. The Morgan fingerprint density at radius 3 is 1.92 bits per heavy atom. The Bertz CT molecular complexity index is 982. The Kier molecular flexibility index (Phi) is 3.93. The van der Waals surface area contributed by atoms with Crippen LogP contribution in [0.15, 0.2) is 96.0 Å². The first-order valence-corrected chi connectivity index (χ1v) is 8.25. The standard InChI is InChI=1S/C22H15NO3/c24-19(16-10-4-1-5-11-16)22(18-14-8-3-9-15-18)21(25)23-20(26-22)17-12-6-2-7-13-17/h1-15H. The fraction of sp³-hybridized carbons (Fsp3) is 0.0455. The smallest absolute Gasteiger partial charge is 0.306 e. The molecule has 1 aliphatic heterocycles. The Hall–Kier alpha value is -3.53. The highest BCUT2D eigenvalue weighted by Gasteiger charge is 2.55. The van der Waals surface area contributed by atoms with E-state index < -0.39 is 17.3 Å². The number of benzene rings is 3. The van der Waals surface area contributed by atoms with Crippen molar-refractivity contribution in [2.24, 2.45) is 4.99 Å². The Labute approximate surface area is 150 Å². The Morgan fingerprint density at radius 2 is 1.31 bits per heavy atom. The number of Topliss-reactive ketones (excluding diaryl/α,β-unsaturated/α-hetero) is 1. The lowest BCUT2D eigenvalue weighted by Gasteiger charge is -2.25. The summed E-state index contributed by atoms with van der Waals surface area (Å²) in [6.07, 6.45) is 0. The molecule has 3 aromatic rings. The number of ketones is 1. The summed E-state index contributed by atoms with van der Waals surface area (Å²) in [5, 5.41) is 0. The topological polar surface area (TPSA) is 55.7 Å². The lowest BCUT2D eigenvalue weighted by atomic mass is 9.85. The maximum absolute atomic E-state index is 13.3. The summed E-state index contributed by atoms with van der Waals surface area (Å²) in [6, 6.07) is 26.5. The first kappa shape index (κ1) is 16.0. The Morgan fingerprint density at radius 1 is 0.769 bits per heavy atom. The van der Waals surface area contributed by atoms with Crippen LogP contribution in [-0.4, -0.2) is 17.6 Å². The van der Waals surface area contributed by atoms with E-state index in [2.05, 4.69) is 4.99 Å². The largest absolute Gasteiger partial charge is 0.447 e. The minimum absolute atomic E-state index is 0.156. The number of amides is 1. The van der Waals surface area contributed by atoms with E-state index in [-0.39, 0.29) is 5.90 Å². The van der Waals surface area contributed by atoms with Gasteiger partial charge in [0.15, 0.2) is 0 Å². The zero-order valence-electron chi connectivity index (χ0n) is 13.8. The van der Waals surface area contributed by atoms with Crippen LogP contribution in [0.25, 0.3) is 0 Å². The predicted octanol–water partition coefficient (Wildman–Crippen LogP) is 3.77. The van der Waals surface area contributed by atoms with E-state index in [9.17, 15) is 9.59 Å². The fourth-order valence-corrected chi connectivity index (χ4v) is 3.01. The molecule has 26 heavy (non-hydrogen) atoms. The second-order valence-corrected chi connectivity index (χ2v) is 5.93. The highest BCUT2D eigenvalue weighted by molar-refractivity contribution is 6.24. The van der Waals surface area contributed by atoms with Crippen LogP contribution in [0.2, 0.25) is 0 Å². The third-order valence-electron chi connectivity index (χ3n) is 4.31. The van der Waals surface area contributed by atoms with Gasteiger partial charge in [0.25, 0.3) is 5.60 Å². The first-order valence-electron chi connectivity index (χ1n) is 8.25. The van der Waals surface area contributed by atoms with E-state index in [0.717, 1.165) is 0 Å². The third kappa shape index (κ3) is 2.52. The van der Waals surface area contributed by atoms with Gasteiger partial charge in [0.1, 0.15) is 0 Å². The van der Waals surface area contributed by atoms with Crippen LogP contribution in [0.1, 0.15) is 21.5 Å². The van der Waals surface area contributed by atoms with Crippen molar-refractivity contribution in [3.05, 3.63) is 108 Å². The van der Waals surface area contributed by atoms with E-state index in [1.165, 1.54) is 0 Å². The van der Waals surface area contributed by atoms with Crippen molar-refractivity contribution in [3.63, 3.8) is 0 Å². The maximum Gasteiger partial charge on any atom is 0.306 e. The van der Waals surface area contributed by atoms with Crippen molar-refractivity contribution < 1.29 is 14.3 Å². The molecule has 3 aromatic carbocycles. The molecule has 1 atom stereocenters. The molecule has 0 aromatic heterocycles. The van der Waals surface area contributed by atoms with Crippen LogP contribution in [0.4, 0.5) is 0 Å². The van der Waals surface area contributed by atoms with Gasteiger partial charge in [0, 0.05) is 16.7 Å². The van der Waals surface area contributed by atoms with Crippen molar-refractivity contribution in [2.75, 3.05) is 0 Å². The average Bonchev–Trinajstić information content (AvgIpc) is 3.08. The molecule has 4 heteroatoms. The molecule has 0 fully saturated rings. The molecule has 0 radical (unpaired) electrons. The molecule has 1 amide bonds. The molecule has 1 aliphatic rings.